The number of hydrogen-bond donors (Lipinski definition) is 2. The topological polar surface area (TPSA) is 85.9 Å². The van der Waals surface area contributed by atoms with E-state index in [4.69, 9.17) is 25.8 Å². The van der Waals surface area contributed by atoms with Gasteiger partial charge in [-0.2, -0.15) is 0 Å². The SMILES string of the molecule is COC(=O)C(CNC(=O)OC(C)(C)C)NCc1c(Cl)cccc1OC. The summed E-state index contributed by atoms with van der Waals surface area (Å²) in [5.74, 6) is 0.0887. The van der Waals surface area contributed by atoms with E-state index in [0.717, 1.165) is 0 Å². The lowest BCUT2D eigenvalue weighted by atomic mass is 10.1. The van der Waals surface area contributed by atoms with Crippen molar-refractivity contribution in [1.82, 2.24) is 10.6 Å². The van der Waals surface area contributed by atoms with Crippen molar-refractivity contribution in [3.63, 3.8) is 0 Å². The van der Waals surface area contributed by atoms with Gasteiger partial charge in [-0.15, -0.1) is 0 Å². The molecule has 7 nitrogen and oxygen atoms in total. The van der Waals surface area contributed by atoms with E-state index in [1.54, 1.807) is 39.0 Å². The summed E-state index contributed by atoms with van der Waals surface area (Å²) in [5, 5.41) is 6.07. The van der Waals surface area contributed by atoms with Crippen LogP contribution < -0.4 is 15.4 Å². The van der Waals surface area contributed by atoms with Gasteiger partial charge in [0, 0.05) is 23.7 Å². The second-order valence-corrected chi connectivity index (χ2v) is 6.67. The lowest BCUT2D eigenvalue weighted by Crippen LogP contribution is -2.47. The van der Waals surface area contributed by atoms with Crippen LogP contribution in [0, 0.1) is 0 Å². The summed E-state index contributed by atoms with van der Waals surface area (Å²) >= 11 is 6.18. The van der Waals surface area contributed by atoms with Crippen molar-refractivity contribution in [2.75, 3.05) is 20.8 Å². The van der Waals surface area contributed by atoms with Gasteiger partial charge < -0.3 is 19.5 Å². The van der Waals surface area contributed by atoms with Gasteiger partial charge in [-0.3, -0.25) is 10.1 Å². The second kappa shape index (κ2) is 9.48. The Hall–Kier alpha value is -1.99. The average Bonchev–Trinajstić information content (AvgIpc) is 2.53. The predicted octanol–water partition coefficient (Wildman–Crippen LogP) is 2.50. The van der Waals surface area contributed by atoms with E-state index in [0.29, 0.717) is 16.3 Å². The van der Waals surface area contributed by atoms with Crippen LogP contribution in [0.2, 0.25) is 5.02 Å². The Morgan fingerprint density at radius 2 is 1.92 bits per heavy atom. The van der Waals surface area contributed by atoms with E-state index >= 15 is 0 Å². The van der Waals surface area contributed by atoms with Crippen molar-refractivity contribution in [3.8, 4) is 5.75 Å². The molecule has 1 aromatic carbocycles. The van der Waals surface area contributed by atoms with Gasteiger partial charge in [0.15, 0.2) is 0 Å². The summed E-state index contributed by atoms with van der Waals surface area (Å²) in [6.45, 7) is 5.54. The van der Waals surface area contributed by atoms with Crippen molar-refractivity contribution in [2.45, 2.75) is 39.0 Å². The number of amides is 1. The lowest BCUT2D eigenvalue weighted by Gasteiger charge is -2.22. The van der Waals surface area contributed by atoms with Crippen LogP contribution in [0.3, 0.4) is 0 Å². The van der Waals surface area contributed by atoms with Crippen LogP contribution >= 0.6 is 11.6 Å². The molecule has 0 heterocycles. The highest BCUT2D eigenvalue weighted by molar-refractivity contribution is 6.31. The summed E-state index contributed by atoms with van der Waals surface area (Å²) in [5.41, 5.74) is 0.0845. The number of carbonyl (C=O) groups excluding carboxylic acids is 2. The number of halogens is 1. The molecule has 0 spiro atoms. The largest absolute Gasteiger partial charge is 0.496 e. The fourth-order valence-electron chi connectivity index (χ4n) is 2.01. The maximum atomic E-state index is 11.9. The zero-order valence-electron chi connectivity index (χ0n) is 15.1. The Bertz CT molecular complexity index is 601. The van der Waals surface area contributed by atoms with Crippen molar-refractivity contribution in [2.24, 2.45) is 0 Å². The first-order chi connectivity index (χ1) is 11.7. The molecule has 0 fully saturated rings. The number of ether oxygens (including phenoxy) is 3. The molecule has 1 aromatic rings. The molecule has 0 aliphatic carbocycles. The number of methoxy groups -OCH3 is 2. The monoisotopic (exact) mass is 372 g/mol. The Morgan fingerprint density at radius 1 is 1.24 bits per heavy atom. The van der Waals surface area contributed by atoms with Gasteiger partial charge in [0.25, 0.3) is 0 Å². The van der Waals surface area contributed by atoms with Crippen molar-refractivity contribution in [3.05, 3.63) is 28.8 Å². The summed E-state index contributed by atoms with van der Waals surface area (Å²) in [4.78, 5) is 23.7. The molecule has 0 aromatic heterocycles. The highest BCUT2D eigenvalue weighted by atomic mass is 35.5. The van der Waals surface area contributed by atoms with Crippen LogP contribution in [-0.4, -0.2) is 44.5 Å². The Balaban J connectivity index is 2.72. The first-order valence-electron chi connectivity index (χ1n) is 7.77. The molecule has 0 radical (unpaired) electrons. The van der Waals surface area contributed by atoms with Crippen LogP contribution in [0.25, 0.3) is 0 Å². The number of nitrogens with one attached hydrogen (secondary N) is 2. The molecule has 1 rings (SSSR count). The summed E-state index contributed by atoms with van der Waals surface area (Å²) in [6, 6.07) is 4.51. The third-order valence-electron chi connectivity index (χ3n) is 3.16. The Morgan fingerprint density at radius 3 is 2.48 bits per heavy atom. The van der Waals surface area contributed by atoms with E-state index in [9.17, 15) is 9.59 Å². The third kappa shape index (κ3) is 7.19. The minimum absolute atomic E-state index is 0.00829. The zero-order chi connectivity index (χ0) is 19.0. The van der Waals surface area contributed by atoms with Crippen molar-refractivity contribution < 1.29 is 23.8 Å². The fourth-order valence-corrected chi connectivity index (χ4v) is 2.24. The van der Waals surface area contributed by atoms with Gasteiger partial charge in [0.05, 0.1) is 14.2 Å². The van der Waals surface area contributed by atoms with E-state index in [-0.39, 0.29) is 13.1 Å². The normalized spacial score (nSPS) is 12.2. The Labute approximate surface area is 153 Å². The molecule has 0 bridgehead atoms. The van der Waals surface area contributed by atoms with Gasteiger partial charge in [0.1, 0.15) is 17.4 Å². The van der Waals surface area contributed by atoms with E-state index in [1.165, 1.54) is 14.2 Å². The van der Waals surface area contributed by atoms with Crippen LogP contribution in [0.15, 0.2) is 18.2 Å². The molecule has 0 saturated heterocycles. The van der Waals surface area contributed by atoms with Crippen LogP contribution in [0.5, 0.6) is 5.75 Å². The number of hydrogen-bond acceptors (Lipinski definition) is 6. The molecule has 0 saturated carbocycles. The molecule has 25 heavy (non-hydrogen) atoms. The Kier molecular flexibility index (Phi) is 7.99. The highest BCUT2D eigenvalue weighted by Crippen LogP contribution is 2.26. The van der Waals surface area contributed by atoms with Gasteiger partial charge >= 0.3 is 12.1 Å². The maximum Gasteiger partial charge on any atom is 0.407 e. The van der Waals surface area contributed by atoms with Gasteiger partial charge in [-0.25, -0.2) is 4.79 Å². The number of esters is 1. The average molecular weight is 373 g/mol. The molecule has 1 atom stereocenters. The molecule has 0 aliphatic heterocycles. The number of carbonyl (C=O) groups is 2. The van der Waals surface area contributed by atoms with Gasteiger partial charge in [0.2, 0.25) is 0 Å². The van der Waals surface area contributed by atoms with E-state index in [2.05, 4.69) is 10.6 Å². The first kappa shape index (κ1) is 21.1. The minimum Gasteiger partial charge on any atom is -0.496 e. The van der Waals surface area contributed by atoms with E-state index in [1.807, 2.05) is 0 Å². The molecule has 8 heteroatoms. The molecular formula is C17H25ClN2O5. The third-order valence-corrected chi connectivity index (χ3v) is 3.51. The van der Waals surface area contributed by atoms with E-state index < -0.39 is 23.7 Å². The first-order valence-corrected chi connectivity index (χ1v) is 8.15. The molecular weight excluding hydrogens is 348 g/mol. The smallest absolute Gasteiger partial charge is 0.407 e. The fraction of sp³-hybridized carbons (Fsp3) is 0.529. The highest BCUT2D eigenvalue weighted by Gasteiger charge is 2.22. The molecule has 0 aliphatic rings. The standard InChI is InChI=1S/C17H25ClN2O5/c1-17(2,3)25-16(22)20-10-13(15(21)24-5)19-9-11-12(18)7-6-8-14(11)23-4/h6-8,13,19H,9-10H2,1-5H3,(H,20,22). The quantitative estimate of drug-likeness (QED) is 0.715. The van der Waals surface area contributed by atoms with Gasteiger partial charge in [-0.1, -0.05) is 17.7 Å². The van der Waals surface area contributed by atoms with Crippen LogP contribution in [-0.2, 0) is 20.8 Å². The number of rotatable bonds is 7. The molecule has 1 unspecified atom stereocenters. The molecule has 1 amide bonds. The minimum atomic E-state index is -0.765. The molecule has 2 N–H and O–H groups in total. The lowest BCUT2D eigenvalue weighted by molar-refractivity contribution is -0.143. The van der Waals surface area contributed by atoms with Crippen LogP contribution in [0.1, 0.15) is 26.3 Å². The zero-order valence-corrected chi connectivity index (χ0v) is 15.9. The summed E-state index contributed by atoms with van der Waals surface area (Å²) < 4.78 is 15.2. The predicted molar refractivity (Wildman–Crippen MR) is 94.9 cm³/mol. The summed E-state index contributed by atoms with van der Waals surface area (Å²) in [7, 11) is 2.82. The maximum absolute atomic E-state index is 11.9. The van der Waals surface area contributed by atoms with Crippen molar-refractivity contribution in [1.29, 1.82) is 0 Å². The number of benzene rings is 1. The van der Waals surface area contributed by atoms with Crippen LogP contribution in [0.4, 0.5) is 4.79 Å². The number of alkyl carbamates (subject to hydrolysis) is 1. The molecule has 140 valence electrons. The van der Waals surface area contributed by atoms with Gasteiger partial charge in [-0.05, 0) is 32.9 Å². The second-order valence-electron chi connectivity index (χ2n) is 6.26. The summed E-state index contributed by atoms with van der Waals surface area (Å²) in [6.07, 6.45) is -0.612. The van der Waals surface area contributed by atoms with Crippen molar-refractivity contribution >= 4 is 23.7 Å².